The Kier molecular flexibility index (Phi) is 2.49. The van der Waals surface area contributed by atoms with E-state index < -0.39 is 0 Å². The minimum Gasteiger partial charge on any atom is -0.195 e. The molecule has 13 heavy (non-hydrogen) atoms. The Morgan fingerprint density at radius 1 is 1.46 bits per heavy atom. The van der Waals surface area contributed by atoms with Gasteiger partial charge in [0, 0.05) is 20.9 Å². The highest BCUT2D eigenvalue weighted by molar-refractivity contribution is 7.80. The summed E-state index contributed by atoms with van der Waals surface area (Å²) in [6, 6.07) is 5.22. The highest BCUT2D eigenvalue weighted by atomic mass is 35.5. The number of thiol groups is 1. The molecule has 0 nitrogen and oxygen atoms in total. The molecule has 0 aliphatic carbocycles. The van der Waals surface area contributed by atoms with Crippen LogP contribution >= 0.6 is 35.6 Å². The zero-order valence-electron chi connectivity index (χ0n) is 6.55. The molecular formula is C9H6ClFS2. The Morgan fingerprint density at radius 3 is 2.92 bits per heavy atom. The van der Waals surface area contributed by atoms with Crippen LogP contribution < -0.4 is 0 Å². The van der Waals surface area contributed by atoms with Crippen molar-refractivity contribution < 1.29 is 4.39 Å². The van der Waals surface area contributed by atoms with Crippen molar-refractivity contribution in [1.82, 2.24) is 0 Å². The Hall–Kier alpha value is -0.250. The zero-order chi connectivity index (χ0) is 9.42. The molecule has 1 aromatic carbocycles. The lowest BCUT2D eigenvalue weighted by Crippen LogP contribution is -1.80. The standard InChI is InChI=1S/C9H6ClFS2/c10-4-6-5-3-9(11)13-8(5)2-1-7(6)12/h1-3,12H,4H2. The lowest BCUT2D eigenvalue weighted by molar-refractivity contribution is 0.658. The first kappa shape index (κ1) is 9.31. The van der Waals surface area contributed by atoms with Crippen LogP contribution in [0.3, 0.4) is 0 Å². The van der Waals surface area contributed by atoms with Gasteiger partial charge in [-0.1, -0.05) is 0 Å². The second-order valence-corrected chi connectivity index (χ2v) is 4.44. The van der Waals surface area contributed by atoms with E-state index in [1.807, 2.05) is 12.1 Å². The van der Waals surface area contributed by atoms with Gasteiger partial charge in [-0.25, -0.2) is 0 Å². The molecule has 0 saturated carbocycles. The second-order valence-electron chi connectivity index (χ2n) is 2.66. The van der Waals surface area contributed by atoms with E-state index in [0.29, 0.717) is 5.88 Å². The summed E-state index contributed by atoms with van der Waals surface area (Å²) in [5.41, 5.74) is 0.905. The number of hydrogen-bond donors (Lipinski definition) is 1. The van der Waals surface area contributed by atoms with E-state index in [9.17, 15) is 4.39 Å². The first-order chi connectivity index (χ1) is 6.22. The average Bonchev–Trinajstić information content (AvgIpc) is 2.45. The van der Waals surface area contributed by atoms with E-state index in [4.69, 9.17) is 11.6 Å². The van der Waals surface area contributed by atoms with Gasteiger partial charge >= 0.3 is 0 Å². The van der Waals surface area contributed by atoms with Crippen LogP contribution in [0.5, 0.6) is 0 Å². The number of halogens is 2. The molecule has 68 valence electrons. The number of alkyl halides is 1. The van der Waals surface area contributed by atoms with Crippen molar-refractivity contribution in [2.24, 2.45) is 0 Å². The molecule has 4 heteroatoms. The highest BCUT2D eigenvalue weighted by Crippen LogP contribution is 2.31. The van der Waals surface area contributed by atoms with E-state index in [0.717, 1.165) is 31.9 Å². The Labute approximate surface area is 89.7 Å². The molecule has 0 fully saturated rings. The molecule has 2 rings (SSSR count). The first-order valence-corrected chi connectivity index (χ1v) is 5.48. The molecular weight excluding hydrogens is 227 g/mol. The molecule has 0 N–H and O–H groups in total. The average molecular weight is 233 g/mol. The van der Waals surface area contributed by atoms with E-state index >= 15 is 0 Å². The van der Waals surface area contributed by atoms with Gasteiger partial charge in [-0.3, -0.25) is 0 Å². The molecule has 0 unspecified atom stereocenters. The molecule has 0 amide bonds. The lowest BCUT2D eigenvalue weighted by atomic mass is 10.1. The van der Waals surface area contributed by atoms with Gasteiger partial charge in [0.1, 0.15) is 0 Å². The normalized spacial score (nSPS) is 11.0. The van der Waals surface area contributed by atoms with Crippen molar-refractivity contribution in [3.05, 3.63) is 28.9 Å². The van der Waals surface area contributed by atoms with E-state index in [1.165, 1.54) is 6.07 Å². The summed E-state index contributed by atoms with van der Waals surface area (Å²) >= 11 is 11.1. The fourth-order valence-electron chi connectivity index (χ4n) is 1.27. The van der Waals surface area contributed by atoms with Crippen LogP contribution in [0.2, 0.25) is 0 Å². The molecule has 1 aromatic heterocycles. The van der Waals surface area contributed by atoms with E-state index in [-0.39, 0.29) is 5.13 Å². The largest absolute Gasteiger partial charge is 0.195 e. The Bertz CT molecular complexity index is 450. The SMILES string of the molecule is Fc1cc2c(CCl)c(S)ccc2s1. The molecule has 0 bridgehead atoms. The molecule has 0 spiro atoms. The van der Waals surface area contributed by atoms with Gasteiger partial charge in [0.05, 0.1) is 0 Å². The predicted octanol–water partition coefficient (Wildman–Crippen LogP) is 4.07. The molecule has 0 saturated heterocycles. The summed E-state index contributed by atoms with van der Waals surface area (Å²) in [6.07, 6.45) is 0. The second kappa shape index (κ2) is 3.48. The van der Waals surface area contributed by atoms with Gasteiger partial charge in [-0.15, -0.1) is 35.6 Å². The minimum atomic E-state index is -0.180. The number of fused-ring (bicyclic) bond motifs is 1. The number of hydrogen-bond acceptors (Lipinski definition) is 2. The smallest absolute Gasteiger partial charge is 0.177 e. The third kappa shape index (κ3) is 1.56. The van der Waals surface area contributed by atoms with E-state index in [2.05, 4.69) is 12.6 Å². The van der Waals surface area contributed by atoms with Crippen LogP contribution in [-0.4, -0.2) is 0 Å². The van der Waals surface area contributed by atoms with Gasteiger partial charge in [0.25, 0.3) is 0 Å². The lowest BCUT2D eigenvalue weighted by Gasteiger charge is -2.01. The van der Waals surface area contributed by atoms with Crippen LogP contribution in [0.15, 0.2) is 23.1 Å². The summed E-state index contributed by atoms with van der Waals surface area (Å²) in [5, 5.41) is 0.699. The maximum Gasteiger partial charge on any atom is 0.177 e. The zero-order valence-corrected chi connectivity index (χ0v) is 9.02. The fraction of sp³-hybridized carbons (Fsp3) is 0.111. The summed E-state index contributed by atoms with van der Waals surface area (Å²) in [4.78, 5) is 0.820. The van der Waals surface area contributed by atoms with Crippen molar-refractivity contribution in [3.8, 4) is 0 Å². The topological polar surface area (TPSA) is 0 Å². The van der Waals surface area contributed by atoms with Crippen molar-refractivity contribution in [1.29, 1.82) is 0 Å². The molecule has 0 aliphatic heterocycles. The third-order valence-corrected chi connectivity index (χ3v) is 3.47. The predicted molar refractivity (Wildman–Crippen MR) is 58.6 cm³/mol. The number of rotatable bonds is 1. The monoisotopic (exact) mass is 232 g/mol. The Balaban J connectivity index is 2.82. The maximum atomic E-state index is 12.9. The van der Waals surface area contributed by atoms with E-state index in [1.54, 1.807) is 0 Å². The highest BCUT2D eigenvalue weighted by Gasteiger charge is 2.07. The summed E-state index contributed by atoms with van der Waals surface area (Å²) in [6.45, 7) is 0. The summed E-state index contributed by atoms with van der Waals surface area (Å²) in [5.74, 6) is 0.367. The van der Waals surface area contributed by atoms with Gasteiger partial charge in [-0.05, 0) is 23.8 Å². The van der Waals surface area contributed by atoms with Crippen molar-refractivity contribution in [2.45, 2.75) is 10.8 Å². The van der Waals surface area contributed by atoms with Crippen LogP contribution in [0, 0.1) is 5.13 Å². The third-order valence-electron chi connectivity index (χ3n) is 1.89. The quantitative estimate of drug-likeness (QED) is 0.556. The molecule has 0 atom stereocenters. The van der Waals surface area contributed by atoms with Crippen LogP contribution in [0.25, 0.3) is 10.1 Å². The van der Waals surface area contributed by atoms with Crippen LogP contribution in [0.4, 0.5) is 4.39 Å². The van der Waals surface area contributed by atoms with Gasteiger partial charge in [0.2, 0.25) is 0 Å². The molecule has 0 aliphatic rings. The van der Waals surface area contributed by atoms with Crippen molar-refractivity contribution in [3.63, 3.8) is 0 Å². The number of thiophene rings is 1. The summed E-state index contributed by atoms with van der Waals surface area (Å²) < 4.78 is 13.8. The Morgan fingerprint density at radius 2 is 2.23 bits per heavy atom. The van der Waals surface area contributed by atoms with Gasteiger partial charge < -0.3 is 0 Å². The fourth-order valence-corrected chi connectivity index (χ4v) is 2.74. The van der Waals surface area contributed by atoms with Crippen molar-refractivity contribution >= 4 is 45.7 Å². The first-order valence-electron chi connectivity index (χ1n) is 3.68. The van der Waals surface area contributed by atoms with Crippen LogP contribution in [-0.2, 0) is 5.88 Å². The minimum absolute atomic E-state index is 0.180. The van der Waals surface area contributed by atoms with Gasteiger partial charge in [-0.2, -0.15) is 4.39 Å². The molecule has 2 aromatic rings. The number of benzene rings is 1. The van der Waals surface area contributed by atoms with Crippen LogP contribution in [0.1, 0.15) is 5.56 Å². The summed E-state index contributed by atoms with van der Waals surface area (Å²) in [7, 11) is 0. The molecule has 0 radical (unpaired) electrons. The van der Waals surface area contributed by atoms with Gasteiger partial charge in [0.15, 0.2) is 5.13 Å². The maximum absolute atomic E-state index is 12.9. The molecule has 1 heterocycles. The van der Waals surface area contributed by atoms with Crippen molar-refractivity contribution in [2.75, 3.05) is 0 Å².